The Bertz CT molecular complexity index is 1760. The second-order valence-electron chi connectivity index (χ2n) is 10.7. The van der Waals surface area contributed by atoms with E-state index in [1.807, 2.05) is 12.1 Å². The van der Waals surface area contributed by atoms with Crippen LogP contribution in [-0.4, -0.2) is 7.11 Å². The molecule has 38 heavy (non-hydrogen) atoms. The highest BCUT2D eigenvalue weighted by Crippen LogP contribution is 2.52. The quantitative estimate of drug-likeness (QED) is 0.245. The Kier molecular flexibility index (Phi) is 5.03. The first-order chi connectivity index (χ1) is 18.5. The number of aryl methyl sites for hydroxylation is 3. The van der Waals surface area contributed by atoms with Crippen LogP contribution >= 0.6 is 0 Å². The van der Waals surface area contributed by atoms with E-state index < -0.39 is 5.60 Å². The monoisotopic (exact) mass is 494 g/mol. The molecule has 0 fully saturated rings. The van der Waals surface area contributed by atoms with E-state index in [9.17, 15) is 0 Å². The van der Waals surface area contributed by atoms with Crippen LogP contribution in [0.25, 0.3) is 28.0 Å². The number of rotatable bonds is 3. The molecule has 5 aromatic carbocycles. The zero-order valence-electron chi connectivity index (χ0n) is 22.3. The Balaban J connectivity index is 1.51. The van der Waals surface area contributed by atoms with Gasteiger partial charge in [0.05, 0.1) is 7.11 Å². The zero-order chi connectivity index (χ0) is 26.0. The minimum absolute atomic E-state index is 0.750. The van der Waals surface area contributed by atoms with Crippen LogP contribution in [0.5, 0.6) is 11.5 Å². The number of fused-ring (bicyclic) bond motifs is 8. The van der Waals surface area contributed by atoms with Crippen molar-refractivity contribution in [1.29, 1.82) is 0 Å². The molecule has 0 N–H and O–H groups in total. The molecule has 2 aliphatic rings. The molecule has 1 heterocycles. The molecule has 186 valence electrons. The molecule has 0 aromatic heterocycles. The summed E-state index contributed by atoms with van der Waals surface area (Å²) in [7, 11) is 1.70. The average molecular weight is 495 g/mol. The van der Waals surface area contributed by atoms with Crippen LogP contribution in [0.15, 0.2) is 91.0 Å². The van der Waals surface area contributed by atoms with Crippen LogP contribution in [0.4, 0.5) is 0 Å². The predicted octanol–water partition coefficient (Wildman–Crippen LogP) is 8.69. The van der Waals surface area contributed by atoms with Crippen molar-refractivity contribution in [2.24, 2.45) is 0 Å². The fourth-order valence-corrected chi connectivity index (χ4v) is 6.24. The molecule has 5 aromatic rings. The number of hydrogen-bond acceptors (Lipinski definition) is 2. The van der Waals surface area contributed by atoms with Crippen LogP contribution in [0, 0.1) is 20.8 Å². The molecule has 0 spiro atoms. The zero-order valence-corrected chi connectivity index (χ0v) is 22.3. The summed E-state index contributed by atoms with van der Waals surface area (Å²) in [6.45, 7) is 6.45. The molecule has 1 atom stereocenters. The van der Waals surface area contributed by atoms with Gasteiger partial charge < -0.3 is 9.47 Å². The van der Waals surface area contributed by atoms with Crippen molar-refractivity contribution in [2.75, 3.05) is 7.11 Å². The largest absolute Gasteiger partial charge is 0.497 e. The van der Waals surface area contributed by atoms with Crippen molar-refractivity contribution >= 4 is 16.8 Å². The SMILES string of the molecule is COc1ccc(C2(c3ccc(C)cc3)C=Cc3c4c(c5ccc(C)cc5c3O2)-c2ccc(C)cc2C4)cc1. The first kappa shape index (κ1) is 22.9. The molecule has 0 saturated carbocycles. The number of methoxy groups -OCH3 is 1. The maximum absolute atomic E-state index is 7.29. The van der Waals surface area contributed by atoms with Crippen LogP contribution in [0.2, 0.25) is 0 Å². The third kappa shape index (κ3) is 3.33. The van der Waals surface area contributed by atoms with Crippen molar-refractivity contribution in [3.05, 3.63) is 136 Å². The van der Waals surface area contributed by atoms with Gasteiger partial charge in [0, 0.05) is 22.1 Å². The van der Waals surface area contributed by atoms with E-state index in [0.29, 0.717) is 0 Å². The fraction of sp³-hybridized carbons (Fsp3) is 0.167. The second-order valence-corrected chi connectivity index (χ2v) is 10.7. The number of ether oxygens (including phenoxy) is 2. The molecule has 1 unspecified atom stereocenters. The van der Waals surface area contributed by atoms with Crippen molar-refractivity contribution in [3.8, 4) is 22.6 Å². The van der Waals surface area contributed by atoms with E-state index >= 15 is 0 Å². The van der Waals surface area contributed by atoms with Gasteiger partial charge in [-0.2, -0.15) is 0 Å². The molecule has 7 rings (SSSR count). The smallest absolute Gasteiger partial charge is 0.178 e. The summed E-state index contributed by atoms with van der Waals surface area (Å²) in [6, 6.07) is 30.6. The maximum Gasteiger partial charge on any atom is 0.178 e. The highest BCUT2D eigenvalue weighted by Gasteiger charge is 2.39. The second kappa shape index (κ2) is 8.36. The summed E-state index contributed by atoms with van der Waals surface area (Å²) in [6.07, 6.45) is 5.48. The van der Waals surface area contributed by atoms with Crippen LogP contribution in [-0.2, 0) is 12.0 Å². The lowest BCUT2D eigenvalue weighted by molar-refractivity contribution is 0.163. The molecule has 2 heteroatoms. The van der Waals surface area contributed by atoms with Gasteiger partial charge in [-0.15, -0.1) is 0 Å². The van der Waals surface area contributed by atoms with Gasteiger partial charge in [-0.05, 0) is 79.1 Å². The summed E-state index contributed by atoms with van der Waals surface area (Å²) in [4.78, 5) is 0. The normalized spacial score (nSPS) is 17.1. The van der Waals surface area contributed by atoms with Gasteiger partial charge in [-0.25, -0.2) is 0 Å². The third-order valence-electron chi connectivity index (χ3n) is 8.20. The Morgan fingerprint density at radius 2 is 1.37 bits per heavy atom. The van der Waals surface area contributed by atoms with Crippen LogP contribution in [0.1, 0.15) is 44.5 Å². The van der Waals surface area contributed by atoms with Gasteiger partial charge in [-0.1, -0.05) is 89.5 Å². The van der Waals surface area contributed by atoms with Gasteiger partial charge in [0.25, 0.3) is 0 Å². The average Bonchev–Trinajstić information content (AvgIpc) is 3.32. The molecule has 1 aliphatic carbocycles. The molecular weight excluding hydrogens is 464 g/mol. The lowest BCUT2D eigenvalue weighted by atomic mass is 9.81. The van der Waals surface area contributed by atoms with Crippen molar-refractivity contribution in [2.45, 2.75) is 32.8 Å². The molecule has 0 radical (unpaired) electrons. The first-order valence-corrected chi connectivity index (χ1v) is 13.3. The van der Waals surface area contributed by atoms with Crippen molar-refractivity contribution in [3.63, 3.8) is 0 Å². The molecule has 0 saturated heterocycles. The predicted molar refractivity (Wildman–Crippen MR) is 156 cm³/mol. The van der Waals surface area contributed by atoms with E-state index in [1.54, 1.807) is 7.11 Å². The first-order valence-electron chi connectivity index (χ1n) is 13.3. The maximum atomic E-state index is 7.29. The Hall–Kier alpha value is -4.30. The standard InChI is InChI=1S/C36H30O2/c1-22-5-9-26(10-6-22)36(27-11-13-28(37-4)14-12-27)18-17-31-32-21-25-19-23(2)7-15-29(25)34(32)30-16-8-24(3)20-33(30)35(31)38-36/h5-20H,21H2,1-4H3. The highest BCUT2D eigenvalue weighted by molar-refractivity contribution is 6.07. The van der Waals surface area contributed by atoms with E-state index in [-0.39, 0.29) is 0 Å². The van der Waals surface area contributed by atoms with Gasteiger partial charge in [0.2, 0.25) is 0 Å². The third-order valence-corrected chi connectivity index (χ3v) is 8.20. The summed E-state index contributed by atoms with van der Waals surface area (Å²) in [5.74, 6) is 1.80. The van der Waals surface area contributed by atoms with E-state index in [2.05, 4.69) is 106 Å². The summed E-state index contributed by atoms with van der Waals surface area (Å²) < 4.78 is 12.8. The Morgan fingerprint density at radius 1 is 0.711 bits per heavy atom. The molecule has 2 nitrogen and oxygen atoms in total. The molecule has 0 amide bonds. The van der Waals surface area contributed by atoms with Crippen LogP contribution < -0.4 is 9.47 Å². The summed E-state index contributed by atoms with van der Waals surface area (Å²) in [5, 5.41) is 2.43. The Morgan fingerprint density at radius 3 is 2.11 bits per heavy atom. The van der Waals surface area contributed by atoms with E-state index in [0.717, 1.165) is 29.0 Å². The van der Waals surface area contributed by atoms with Gasteiger partial charge >= 0.3 is 0 Å². The summed E-state index contributed by atoms with van der Waals surface area (Å²) in [5.41, 5.74) is 11.8. The molecular formula is C36H30O2. The number of hydrogen-bond donors (Lipinski definition) is 0. The molecule has 1 aliphatic heterocycles. The van der Waals surface area contributed by atoms with Gasteiger partial charge in [-0.3, -0.25) is 0 Å². The Labute approximate surface area is 224 Å². The van der Waals surface area contributed by atoms with Gasteiger partial charge in [0.1, 0.15) is 11.5 Å². The minimum atomic E-state index is -0.750. The topological polar surface area (TPSA) is 18.5 Å². The number of benzene rings is 5. The summed E-state index contributed by atoms with van der Waals surface area (Å²) >= 11 is 0. The van der Waals surface area contributed by atoms with Crippen molar-refractivity contribution < 1.29 is 9.47 Å². The van der Waals surface area contributed by atoms with Crippen molar-refractivity contribution in [1.82, 2.24) is 0 Å². The highest BCUT2D eigenvalue weighted by atomic mass is 16.5. The van der Waals surface area contributed by atoms with Gasteiger partial charge in [0.15, 0.2) is 5.60 Å². The van der Waals surface area contributed by atoms with Crippen LogP contribution in [0.3, 0.4) is 0 Å². The van der Waals surface area contributed by atoms with E-state index in [1.165, 1.54) is 55.3 Å². The minimum Gasteiger partial charge on any atom is -0.497 e. The lowest BCUT2D eigenvalue weighted by Crippen LogP contribution is -2.34. The lowest BCUT2D eigenvalue weighted by Gasteiger charge is -2.37. The fourth-order valence-electron chi connectivity index (χ4n) is 6.24. The molecule has 0 bridgehead atoms. The van der Waals surface area contributed by atoms with E-state index in [4.69, 9.17) is 9.47 Å².